The van der Waals surface area contributed by atoms with Crippen molar-refractivity contribution in [2.75, 3.05) is 6.54 Å². The van der Waals surface area contributed by atoms with Crippen LogP contribution in [-0.4, -0.2) is 28.9 Å². The Balaban J connectivity index is 1.74. The van der Waals surface area contributed by atoms with E-state index in [-0.39, 0.29) is 16.3 Å². The molecule has 2 N–H and O–H groups in total. The van der Waals surface area contributed by atoms with Crippen molar-refractivity contribution in [3.8, 4) is 6.07 Å². The van der Waals surface area contributed by atoms with Crippen LogP contribution in [0.5, 0.6) is 0 Å². The number of benzene rings is 2. The summed E-state index contributed by atoms with van der Waals surface area (Å²) in [5, 5.41) is 10.7. The van der Waals surface area contributed by atoms with Crippen LogP contribution in [0.4, 0.5) is 0 Å². The van der Waals surface area contributed by atoms with Gasteiger partial charge in [-0.05, 0) is 30.4 Å². The number of carbonyl (C=O) groups excluding carboxylic acids is 2. The van der Waals surface area contributed by atoms with E-state index in [0.29, 0.717) is 43.8 Å². The third-order valence-corrected chi connectivity index (χ3v) is 7.92. The smallest absolute Gasteiger partial charge is 0.314 e. The van der Waals surface area contributed by atoms with Crippen molar-refractivity contribution in [1.82, 2.24) is 0 Å². The van der Waals surface area contributed by atoms with Gasteiger partial charge >= 0.3 is 5.91 Å². The van der Waals surface area contributed by atoms with Crippen LogP contribution in [0, 0.1) is 17.2 Å². The third-order valence-electron chi connectivity index (χ3n) is 7.55. The van der Waals surface area contributed by atoms with E-state index in [1.54, 1.807) is 0 Å². The summed E-state index contributed by atoms with van der Waals surface area (Å²) in [7, 11) is 0. The Morgan fingerprint density at radius 3 is 2.44 bits per heavy atom. The Morgan fingerprint density at radius 2 is 1.82 bits per heavy atom. The van der Waals surface area contributed by atoms with Gasteiger partial charge in [-0.15, -0.1) is 0 Å². The van der Waals surface area contributed by atoms with Crippen LogP contribution < -0.4 is 5.73 Å². The second kappa shape index (κ2) is 11.2. The topological polar surface area (TPSA) is 83.9 Å². The van der Waals surface area contributed by atoms with Crippen LogP contribution in [0.15, 0.2) is 54.6 Å². The van der Waals surface area contributed by atoms with E-state index in [1.807, 2.05) is 54.6 Å². The Labute approximate surface area is 208 Å². The molecule has 1 fully saturated rings. The molecule has 1 aliphatic rings. The first-order chi connectivity index (χ1) is 16.3. The fourth-order valence-electron chi connectivity index (χ4n) is 5.52. The van der Waals surface area contributed by atoms with Crippen LogP contribution in [-0.2, 0) is 21.5 Å². The van der Waals surface area contributed by atoms with Gasteiger partial charge in [-0.2, -0.15) is 5.26 Å². The first kappa shape index (κ1) is 25.9. The lowest BCUT2D eigenvalue weighted by atomic mass is 9.69. The molecule has 0 bridgehead atoms. The van der Waals surface area contributed by atoms with Gasteiger partial charge in [0.15, 0.2) is 6.04 Å². The summed E-state index contributed by atoms with van der Waals surface area (Å²) in [6.07, 6.45) is 3.84. The standard InChI is InChI=1S/C28H34ClN3O2/c1-21(2)28(20-30,23-12-4-3-5-13-23)17-9-8-16-26(33)32(18-10-15-25(32)27(31)34)19-22-11-6-7-14-24(22)29/h3-7,11-14,21,25H,8-10,15-19H2,1-2H3,(H-,31,34)/p+1/t25?,28-,32+/m0/s1. The molecular weight excluding hydrogens is 446 g/mol. The molecule has 5 nitrogen and oxygen atoms in total. The molecule has 34 heavy (non-hydrogen) atoms. The van der Waals surface area contributed by atoms with E-state index in [4.69, 9.17) is 17.3 Å². The van der Waals surface area contributed by atoms with Crippen LogP contribution in [0.3, 0.4) is 0 Å². The molecule has 0 aliphatic carbocycles. The Kier molecular flexibility index (Phi) is 8.52. The summed E-state index contributed by atoms with van der Waals surface area (Å²) in [6, 6.07) is 19.4. The molecule has 2 amide bonds. The van der Waals surface area contributed by atoms with Gasteiger partial charge in [0.2, 0.25) is 0 Å². The highest BCUT2D eigenvalue weighted by Crippen LogP contribution is 2.38. The monoisotopic (exact) mass is 480 g/mol. The number of quaternary nitrogens is 1. The fraction of sp³-hybridized carbons (Fsp3) is 0.464. The number of unbranched alkanes of at least 4 members (excludes halogenated alkanes) is 1. The lowest BCUT2D eigenvalue weighted by Crippen LogP contribution is -2.59. The number of hydrogen-bond donors (Lipinski definition) is 1. The molecule has 1 aliphatic heterocycles. The minimum absolute atomic E-state index is 0.0352. The molecular formula is C28H35ClN3O2+. The third kappa shape index (κ3) is 5.19. The summed E-state index contributed by atoms with van der Waals surface area (Å²) in [6.45, 7) is 5.12. The number of amides is 2. The van der Waals surface area contributed by atoms with Gasteiger partial charge in [-0.3, -0.25) is 4.79 Å². The molecule has 1 unspecified atom stereocenters. The number of carbonyl (C=O) groups is 2. The van der Waals surface area contributed by atoms with Gasteiger partial charge in [-0.1, -0.05) is 80.4 Å². The maximum Gasteiger partial charge on any atom is 0.314 e. The molecule has 2 aromatic carbocycles. The van der Waals surface area contributed by atoms with Crippen molar-refractivity contribution in [3.63, 3.8) is 0 Å². The van der Waals surface area contributed by atoms with Gasteiger partial charge in [0.05, 0.1) is 24.4 Å². The quantitative estimate of drug-likeness (QED) is 0.359. The molecule has 3 rings (SSSR count). The SMILES string of the molecule is CC(C)[C@@](C#N)(CCCCC(=O)[N@@+]1(Cc2ccccc2Cl)CCCC1C(N)=O)c1ccccc1. The highest BCUT2D eigenvalue weighted by atomic mass is 35.5. The number of nitrogens with two attached hydrogens (primary N) is 1. The maximum absolute atomic E-state index is 13.7. The van der Waals surface area contributed by atoms with E-state index in [9.17, 15) is 14.9 Å². The van der Waals surface area contributed by atoms with Crippen molar-refractivity contribution in [2.24, 2.45) is 11.7 Å². The second-order valence-electron chi connectivity index (χ2n) is 9.77. The summed E-state index contributed by atoms with van der Waals surface area (Å²) < 4.78 is 0.0469. The molecule has 6 heteroatoms. The predicted molar refractivity (Wildman–Crippen MR) is 135 cm³/mol. The summed E-state index contributed by atoms with van der Waals surface area (Å²) >= 11 is 6.41. The average Bonchev–Trinajstić information content (AvgIpc) is 3.26. The van der Waals surface area contributed by atoms with Gasteiger partial charge < -0.3 is 5.73 Å². The summed E-state index contributed by atoms with van der Waals surface area (Å²) in [5.41, 5.74) is 7.05. The Morgan fingerprint density at radius 1 is 1.15 bits per heavy atom. The second-order valence-corrected chi connectivity index (χ2v) is 10.2. The molecule has 0 radical (unpaired) electrons. The van der Waals surface area contributed by atoms with Crippen molar-refractivity contribution >= 4 is 23.4 Å². The number of likely N-dealkylation sites (tertiary alicyclic amines) is 1. The highest BCUT2D eigenvalue weighted by molar-refractivity contribution is 6.31. The van der Waals surface area contributed by atoms with Crippen molar-refractivity contribution in [2.45, 2.75) is 70.4 Å². The van der Waals surface area contributed by atoms with E-state index >= 15 is 0 Å². The number of primary amides is 1. The fourth-order valence-corrected chi connectivity index (χ4v) is 5.71. The summed E-state index contributed by atoms with van der Waals surface area (Å²) in [4.78, 5) is 26.0. The molecule has 2 aromatic rings. The van der Waals surface area contributed by atoms with E-state index in [0.717, 1.165) is 24.0 Å². The van der Waals surface area contributed by atoms with Gasteiger partial charge in [0.1, 0.15) is 6.54 Å². The van der Waals surface area contributed by atoms with Gasteiger partial charge in [0.25, 0.3) is 5.91 Å². The number of hydrogen-bond acceptors (Lipinski definition) is 3. The highest BCUT2D eigenvalue weighted by Gasteiger charge is 2.50. The number of nitrogens with zero attached hydrogens (tertiary/aromatic N) is 2. The zero-order valence-electron chi connectivity index (χ0n) is 20.2. The number of halogens is 1. The number of nitriles is 1. The van der Waals surface area contributed by atoms with Crippen molar-refractivity contribution in [1.29, 1.82) is 5.26 Å². The van der Waals surface area contributed by atoms with Gasteiger partial charge in [-0.25, -0.2) is 9.28 Å². The maximum atomic E-state index is 13.7. The summed E-state index contributed by atoms with van der Waals surface area (Å²) in [5.74, 6) is -0.245. The van der Waals surface area contributed by atoms with Crippen molar-refractivity contribution < 1.29 is 14.1 Å². The zero-order valence-corrected chi connectivity index (χ0v) is 20.9. The zero-order chi connectivity index (χ0) is 24.8. The lowest BCUT2D eigenvalue weighted by Gasteiger charge is -2.36. The first-order valence-electron chi connectivity index (χ1n) is 12.2. The molecule has 1 saturated heterocycles. The molecule has 0 saturated carbocycles. The largest absolute Gasteiger partial charge is 0.364 e. The number of rotatable bonds is 10. The molecule has 3 atom stereocenters. The predicted octanol–water partition coefficient (Wildman–Crippen LogP) is 5.51. The molecule has 0 spiro atoms. The van der Waals surface area contributed by atoms with Gasteiger partial charge in [0, 0.05) is 23.4 Å². The first-order valence-corrected chi connectivity index (χ1v) is 12.5. The van der Waals surface area contributed by atoms with E-state index < -0.39 is 17.4 Å². The van der Waals surface area contributed by atoms with Crippen LogP contribution in [0.1, 0.15) is 63.5 Å². The minimum atomic E-state index is -0.586. The van der Waals surface area contributed by atoms with Crippen molar-refractivity contribution in [3.05, 3.63) is 70.7 Å². The minimum Gasteiger partial charge on any atom is -0.364 e. The van der Waals surface area contributed by atoms with Crippen LogP contribution in [0.2, 0.25) is 5.02 Å². The lowest BCUT2D eigenvalue weighted by molar-refractivity contribution is -0.871. The molecule has 180 valence electrons. The average molecular weight is 481 g/mol. The Hall–Kier alpha value is -2.68. The van der Waals surface area contributed by atoms with Crippen LogP contribution >= 0.6 is 11.6 Å². The van der Waals surface area contributed by atoms with E-state index in [1.165, 1.54) is 0 Å². The van der Waals surface area contributed by atoms with Crippen LogP contribution in [0.25, 0.3) is 0 Å². The molecule has 0 aromatic heterocycles. The van der Waals surface area contributed by atoms with E-state index in [2.05, 4.69) is 19.9 Å². The normalized spacial score (nSPS) is 21.7. The Bertz CT molecular complexity index is 1050. The molecule has 1 heterocycles.